The van der Waals surface area contributed by atoms with Gasteiger partial charge in [0.05, 0.1) is 5.69 Å². The zero-order chi connectivity index (χ0) is 14.7. The van der Waals surface area contributed by atoms with Crippen LogP contribution in [0.2, 0.25) is 0 Å². The first kappa shape index (κ1) is 13.9. The quantitative estimate of drug-likeness (QED) is 0.843. The first-order valence-electron chi connectivity index (χ1n) is 7.22. The predicted molar refractivity (Wildman–Crippen MR) is 80.9 cm³/mol. The van der Waals surface area contributed by atoms with Gasteiger partial charge in [-0.1, -0.05) is 0 Å². The molecule has 3 rings (SSSR count). The van der Waals surface area contributed by atoms with Crippen LogP contribution in [0.25, 0.3) is 0 Å². The standard InChI is InChI=1S/C15H20N6/c1-12-3-5-18-15(19-12)20(2)14-4-8-21(11-14)10-13-9-16-6-7-17-13/h3,5-7,9,14H,4,8,10-11H2,1-2H3. The van der Waals surface area contributed by atoms with Gasteiger partial charge >= 0.3 is 0 Å². The van der Waals surface area contributed by atoms with Gasteiger partial charge in [0.2, 0.25) is 5.95 Å². The molecule has 0 aliphatic carbocycles. The van der Waals surface area contributed by atoms with Crippen molar-refractivity contribution in [3.05, 3.63) is 42.2 Å². The van der Waals surface area contributed by atoms with Crippen molar-refractivity contribution >= 4 is 5.95 Å². The van der Waals surface area contributed by atoms with E-state index >= 15 is 0 Å². The third kappa shape index (κ3) is 3.33. The summed E-state index contributed by atoms with van der Waals surface area (Å²) >= 11 is 0. The molecule has 0 bridgehead atoms. The Hall–Kier alpha value is -2.08. The van der Waals surface area contributed by atoms with Gasteiger partial charge in [0.15, 0.2) is 0 Å². The van der Waals surface area contributed by atoms with E-state index in [2.05, 4.69) is 36.8 Å². The number of aromatic nitrogens is 4. The van der Waals surface area contributed by atoms with E-state index in [1.54, 1.807) is 12.4 Å². The van der Waals surface area contributed by atoms with E-state index in [1.807, 2.05) is 25.4 Å². The van der Waals surface area contributed by atoms with Crippen molar-refractivity contribution < 1.29 is 0 Å². The average Bonchev–Trinajstić information content (AvgIpc) is 2.96. The molecule has 0 radical (unpaired) electrons. The maximum Gasteiger partial charge on any atom is 0.225 e. The van der Waals surface area contributed by atoms with Gasteiger partial charge in [0, 0.05) is 63.2 Å². The van der Waals surface area contributed by atoms with Crippen LogP contribution >= 0.6 is 0 Å². The van der Waals surface area contributed by atoms with E-state index in [0.29, 0.717) is 6.04 Å². The van der Waals surface area contributed by atoms with Crippen molar-refractivity contribution in [3.8, 4) is 0 Å². The summed E-state index contributed by atoms with van der Waals surface area (Å²) in [6, 6.07) is 2.37. The van der Waals surface area contributed by atoms with Crippen LogP contribution in [-0.4, -0.2) is 51.0 Å². The summed E-state index contributed by atoms with van der Waals surface area (Å²) in [4.78, 5) is 21.9. The van der Waals surface area contributed by atoms with Crippen molar-refractivity contribution in [2.24, 2.45) is 0 Å². The summed E-state index contributed by atoms with van der Waals surface area (Å²) in [5, 5.41) is 0. The highest BCUT2D eigenvalue weighted by molar-refractivity contribution is 5.31. The van der Waals surface area contributed by atoms with Crippen molar-refractivity contribution in [3.63, 3.8) is 0 Å². The molecule has 1 aliphatic rings. The molecule has 0 aromatic carbocycles. The molecular weight excluding hydrogens is 264 g/mol. The number of hydrogen-bond donors (Lipinski definition) is 0. The fourth-order valence-electron chi connectivity index (χ4n) is 2.68. The normalized spacial score (nSPS) is 18.9. The fourth-order valence-corrected chi connectivity index (χ4v) is 2.68. The number of hydrogen-bond acceptors (Lipinski definition) is 6. The topological polar surface area (TPSA) is 58.0 Å². The number of anilines is 1. The Labute approximate surface area is 124 Å². The molecule has 6 nitrogen and oxygen atoms in total. The number of aryl methyl sites for hydroxylation is 1. The second kappa shape index (κ2) is 6.13. The molecule has 1 aliphatic heterocycles. The zero-order valence-corrected chi connectivity index (χ0v) is 12.5. The number of likely N-dealkylation sites (N-methyl/N-ethyl adjacent to an activating group) is 1. The molecule has 110 valence electrons. The smallest absolute Gasteiger partial charge is 0.225 e. The van der Waals surface area contributed by atoms with Crippen molar-refractivity contribution in [2.75, 3.05) is 25.0 Å². The maximum atomic E-state index is 4.50. The molecule has 2 aromatic rings. The molecule has 0 N–H and O–H groups in total. The summed E-state index contributed by atoms with van der Waals surface area (Å²) in [6.45, 7) is 4.92. The van der Waals surface area contributed by atoms with Crippen LogP contribution in [0.15, 0.2) is 30.9 Å². The van der Waals surface area contributed by atoms with Crippen molar-refractivity contribution in [2.45, 2.75) is 25.9 Å². The van der Waals surface area contributed by atoms with Crippen LogP contribution in [0.3, 0.4) is 0 Å². The minimum absolute atomic E-state index is 0.448. The highest BCUT2D eigenvalue weighted by Gasteiger charge is 2.27. The Balaban J connectivity index is 1.61. The molecule has 0 amide bonds. The molecule has 21 heavy (non-hydrogen) atoms. The predicted octanol–water partition coefficient (Wildman–Crippen LogP) is 1.29. The van der Waals surface area contributed by atoms with Crippen LogP contribution in [0.4, 0.5) is 5.95 Å². The van der Waals surface area contributed by atoms with Crippen LogP contribution in [0, 0.1) is 6.92 Å². The SMILES string of the molecule is Cc1ccnc(N(C)C2CCN(Cc3cnccn3)C2)n1. The first-order valence-corrected chi connectivity index (χ1v) is 7.22. The van der Waals surface area contributed by atoms with Crippen LogP contribution < -0.4 is 4.90 Å². The molecule has 0 spiro atoms. The monoisotopic (exact) mass is 284 g/mol. The van der Waals surface area contributed by atoms with Crippen LogP contribution in [-0.2, 0) is 6.54 Å². The Bertz CT molecular complexity index is 588. The third-order valence-electron chi connectivity index (χ3n) is 3.90. The van der Waals surface area contributed by atoms with Gasteiger partial charge in [0.25, 0.3) is 0 Å². The van der Waals surface area contributed by atoms with E-state index < -0.39 is 0 Å². The molecule has 1 saturated heterocycles. The number of rotatable bonds is 4. The van der Waals surface area contributed by atoms with Crippen LogP contribution in [0.5, 0.6) is 0 Å². The summed E-state index contributed by atoms with van der Waals surface area (Å²) in [5.41, 5.74) is 2.02. The van der Waals surface area contributed by atoms with Gasteiger partial charge in [-0.15, -0.1) is 0 Å². The van der Waals surface area contributed by atoms with Gasteiger partial charge < -0.3 is 4.90 Å². The third-order valence-corrected chi connectivity index (χ3v) is 3.90. The summed E-state index contributed by atoms with van der Waals surface area (Å²) in [5.74, 6) is 0.807. The molecule has 2 aromatic heterocycles. The Morgan fingerprint density at radius 1 is 1.29 bits per heavy atom. The molecule has 1 atom stereocenters. The lowest BCUT2D eigenvalue weighted by atomic mass is 10.2. The minimum atomic E-state index is 0.448. The zero-order valence-electron chi connectivity index (χ0n) is 12.5. The van der Waals surface area contributed by atoms with Gasteiger partial charge in [-0.25, -0.2) is 9.97 Å². The van der Waals surface area contributed by atoms with Gasteiger partial charge in [0.1, 0.15) is 0 Å². The van der Waals surface area contributed by atoms with Crippen molar-refractivity contribution in [1.29, 1.82) is 0 Å². The minimum Gasteiger partial charge on any atom is -0.340 e. The Kier molecular flexibility index (Phi) is 4.06. The maximum absolute atomic E-state index is 4.50. The van der Waals surface area contributed by atoms with Gasteiger partial charge in [-0.3, -0.25) is 14.9 Å². The fraction of sp³-hybridized carbons (Fsp3) is 0.467. The molecule has 1 unspecified atom stereocenters. The van der Waals surface area contributed by atoms with E-state index in [0.717, 1.165) is 43.4 Å². The largest absolute Gasteiger partial charge is 0.340 e. The van der Waals surface area contributed by atoms with Crippen LogP contribution in [0.1, 0.15) is 17.8 Å². The summed E-state index contributed by atoms with van der Waals surface area (Å²) < 4.78 is 0. The summed E-state index contributed by atoms with van der Waals surface area (Å²) in [6.07, 6.45) is 8.23. The molecule has 3 heterocycles. The van der Waals surface area contributed by atoms with Gasteiger partial charge in [-0.2, -0.15) is 0 Å². The Morgan fingerprint density at radius 3 is 2.95 bits per heavy atom. The lowest BCUT2D eigenvalue weighted by Gasteiger charge is -2.25. The van der Waals surface area contributed by atoms with E-state index in [1.165, 1.54) is 0 Å². The van der Waals surface area contributed by atoms with Gasteiger partial charge in [-0.05, 0) is 19.4 Å². The highest BCUT2D eigenvalue weighted by atomic mass is 15.3. The average molecular weight is 284 g/mol. The molecule has 1 fully saturated rings. The second-order valence-corrected chi connectivity index (χ2v) is 5.48. The number of nitrogens with zero attached hydrogens (tertiary/aromatic N) is 6. The molecule has 0 saturated carbocycles. The van der Waals surface area contributed by atoms with E-state index in [-0.39, 0.29) is 0 Å². The van der Waals surface area contributed by atoms with E-state index in [4.69, 9.17) is 0 Å². The highest BCUT2D eigenvalue weighted by Crippen LogP contribution is 2.19. The lowest BCUT2D eigenvalue weighted by Crippen LogP contribution is -2.35. The lowest BCUT2D eigenvalue weighted by molar-refractivity contribution is 0.321. The Morgan fingerprint density at radius 2 is 2.19 bits per heavy atom. The van der Waals surface area contributed by atoms with E-state index in [9.17, 15) is 0 Å². The molecular formula is C15H20N6. The van der Waals surface area contributed by atoms with Crippen molar-refractivity contribution in [1.82, 2.24) is 24.8 Å². The summed E-state index contributed by atoms with van der Waals surface area (Å²) in [7, 11) is 2.07. The first-order chi connectivity index (χ1) is 10.2. The molecule has 6 heteroatoms. The number of likely N-dealkylation sites (tertiary alicyclic amines) is 1. The second-order valence-electron chi connectivity index (χ2n) is 5.48.